The average molecular weight is 457 g/mol. The molecule has 2 aliphatic rings. The Bertz CT molecular complexity index is 1110. The molecule has 5 heteroatoms. The second kappa shape index (κ2) is 10.0. The predicted molar refractivity (Wildman–Crippen MR) is 121 cm³/mol. The third kappa shape index (κ3) is 4.81. The molecule has 0 radical (unpaired) electrons. The average Bonchev–Trinajstić information content (AvgIpc) is 2.82. The zero-order chi connectivity index (χ0) is 23.5. The fourth-order valence-corrected chi connectivity index (χ4v) is 5.55. The number of hydrogen-bond acceptors (Lipinski definition) is 1. The van der Waals surface area contributed by atoms with Gasteiger partial charge in [-0.2, -0.15) is 4.39 Å². The van der Waals surface area contributed by atoms with Gasteiger partial charge in [0.2, 0.25) is 5.82 Å². The van der Waals surface area contributed by atoms with E-state index in [2.05, 4.69) is 30.9 Å². The van der Waals surface area contributed by atoms with Gasteiger partial charge in [-0.1, -0.05) is 30.1 Å². The van der Waals surface area contributed by atoms with Gasteiger partial charge in [-0.3, -0.25) is 0 Å². The molecule has 4 unspecified atom stereocenters. The van der Waals surface area contributed by atoms with Crippen LogP contribution in [0.3, 0.4) is 0 Å². The topological polar surface area (TPSA) is 9.23 Å². The second-order valence-corrected chi connectivity index (χ2v) is 9.15. The van der Waals surface area contributed by atoms with Gasteiger partial charge in [-0.25, -0.2) is 13.2 Å². The molecule has 0 saturated heterocycles. The highest BCUT2D eigenvalue weighted by atomic mass is 19.2. The molecule has 4 atom stereocenters. The molecule has 1 nitrogen and oxygen atoms in total. The van der Waals surface area contributed by atoms with E-state index in [0.717, 1.165) is 32.1 Å². The van der Waals surface area contributed by atoms with Crippen LogP contribution in [0.4, 0.5) is 17.6 Å². The summed E-state index contributed by atoms with van der Waals surface area (Å²) >= 11 is 0. The molecule has 2 aliphatic carbocycles. The first-order chi connectivity index (χ1) is 15.9. The van der Waals surface area contributed by atoms with Crippen molar-refractivity contribution in [1.29, 1.82) is 0 Å². The largest absolute Gasteiger partial charge is 0.494 e. The summed E-state index contributed by atoms with van der Waals surface area (Å²) in [4.78, 5) is 0. The van der Waals surface area contributed by atoms with E-state index in [1.807, 2.05) is 0 Å². The van der Waals surface area contributed by atoms with E-state index in [1.54, 1.807) is 6.07 Å². The van der Waals surface area contributed by atoms with Crippen LogP contribution in [0.1, 0.15) is 68.1 Å². The summed E-state index contributed by atoms with van der Waals surface area (Å²) in [5.41, 5.74) is -0.0230. The molecule has 2 fully saturated rings. The molecule has 33 heavy (non-hydrogen) atoms. The van der Waals surface area contributed by atoms with Crippen LogP contribution in [0.25, 0.3) is 0 Å². The van der Waals surface area contributed by atoms with E-state index < -0.39 is 23.3 Å². The van der Waals surface area contributed by atoms with E-state index in [9.17, 15) is 17.6 Å². The van der Waals surface area contributed by atoms with E-state index in [4.69, 9.17) is 4.74 Å². The van der Waals surface area contributed by atoms with Crippen molar-refractivity contribution >= 4 is 0 Å². The fraction of sp³-hybridized carbons (Fsp3) is 0.429. The molecule has 174 valence electrons. The zero-order valence-electron chi connectivity index (χ0n) is 18.9. The van der Waals surface area contributed by atoms with E-state index in [1.165, 1.54) is 31.7 Å². The number of halogens is 4. The van der Waals surface area contributed by atoms with Crippen molar-refractivity contribution < 1.29 is 22.3 Å². The SMILES string of the molecule is C/C=C/C1CCC2CC(c3ccc(C#Cc4ccc(OC)c(F)c4F)c(F)c3F)CCC2C1. The second-order valence-electron chi connectivity index (χ2n) is 9.15. The Morgan fingerprint density at radius 3 is 2.12 bits per heavy atom. The number of ether oxygens (including phenoxy) is 1. The number of hydrogen-bond donors (Lipinski definition) is 0. The number of methoxy groups -OCH3 is 1. The smallest absolute Gasteiger partial charge is 0.201 e. The van der Waals surface area contributed by atoms with Crippen LogP contribution in [-0.2, 0) is 0 Å². The Morgan fingerprint density at radius 1 is 0.788 bits per heavy atom. The van der Waals surface area contributed by atoms with Crippen molar-refractivity contribution in [1.82, 2.24) is 0 Å². The minimum atomic E-state index is -1.18. The molecule has 0 amide bonds. The maximum atomic E-state index is 15.0. The van der Waals surface area contributed by atoms with Crippen LogP contribution in [0.5, 0.6) is 5.75 Å². The van der Waals surface area contributed by atoms with Gasteiger partial charge < -0.3 is 4.74 Å². The molecule has 0 N–H and O–H groups in total. The Balaban J connectivity index is 1.51. The van der Waals surface area contributed by atoms with Crippen molar-refractivity contribution in [3.63, 3.8) is 0 Å². The number of benzene rings is 2. The summed E-state index contributed by atoms with van der Waals surface area (Å²) in [5, 5.41) is 0. The summed E-state index contributed by atoms with van der Waals surface area (Å²) in [6, 6.07) is 5.53. The first kappa shape index (κ1) is 23.4. The Hall–Kier alpha value is -2.74. The molecule has 0 bridgehead atoms. The lowest BCUT2D eigenvalue weighted by atomic mass is 9.64. The zero-order valence-corrected chi connectivity index (χ0v) is 18.9. The number of rotatable bonds is 3. The Kier molecular flexibility index (Phi) is 7.12. The van der Waals surface area contributed by atoms with Crippen LogP contribution >= 0.6 is 0 Å². The lowest BCUT2D eigenvalue weighted by molar-refractivity contribution is 0.132. The Labute approximate surface area is 192 Å². The highest BCUT2D eigenvalue weighted by molar-refractivity contribution is 5.47. The van der Waals surface area contributed by atoms with Crippen molar-refractivity contribution in [2.75, 3.05) is 7.11 Å². The van der Waals surface area contributed by atoms with Crippen molar-refractivity contribution in [3.05, 3.63) is 76.4 Å². The van der Waals surface area contributed by atoms with Crippen LogP contribution in [0, 0.1) is 52.9 Å². The van der Waals surface area contributed by atoms with E-state index in [-0.39, 0.29) is 22.8 Å². The third-order valence-electron chi connectivity index (χ3n) is 7.27. The normalized spacial score (nSPS) is 24.8. The summed E-state index contributed by atoms with van der Waals surface area (Å²) in [7, 11) is 1.23. The van der Waals surface area contributed by atoms with Crippen LogP contribution < -0.4 is 4.74 Å². The summed E-state index contributed by atoms with van der Waals surface area (Å²) in [6.45, 7) is 2.06. The highest BCUT2D eigenvalue weighted by Gasteiger charge is 2.36. The molecular formula is C28H28F4O. The standard InChI is InChI=1S/C28H28F4O/c1-3-4-17-5-6-21-16-22(10-9-20(21)15-17)23-13-11-18(25(29)27(23)31)7-8-19-12-14-24(33-2)28(32)26(19)30/h3-4,11-14,17,20-22H,5-6,9-10,15-16H2,1-2H3/b4-3+. The maximum Gasteiger partial charge on any atom is 0.201 e. The number of fused-ring (bicyclic) bond motifs is 1. The molecule has 2 saturated carbocycles. The highest BCUT2D eigenvalue weighted by Crippen LogP contribution is 2.48. The van der Waals surface area contributed by atoms with Gasteiger partial charge in [-0.05, 0) is 92.9 Å². The summed E-state index contributed by atoms with van der Waals surface area (Å²) in [5.74, 6) is 2.20. The van der Waals surface area contributed by atoms with Gasteiger partial charge in [0, 0.05) is 0 Å². The van der Waals surface area contributed by atoms with Crippen LogP contribution in [0.2, 0.25) is 0 Å². The lowest BCUT2D eigenvalue weighted by Crippen LogP contribution is -2.30. The molecule has 4 rings (SSSR count). The molecular weight excluding hydrogens is 428 g/mol. The fourth-order valence-electron chi connectivity index (χ4n) is 5.55. The van der Waals surface area contributed by atoms with Crippen molar-refractivity contribution in [3.8, 4) is 17.6 Å². The first-order valence-electron chi connectivity index (χ1n) is 11.6. The summed E-state index contributed by atoms with van der Waals surface area (Å²) in [6.07, 6.45) is 10.7. The van der Waals surface area contributed by atoms with Gasteiger partial charge in [0.1, 0.15) is 0 Å². The molecule has 0 aromatic heterocycles. The minimum absolute atomic E-state index is 0.00541. The predicted octanol–water partition coefficient (Wildman–Crippen LogP) is 7.53. The van der Waals surface area contributed by atoms with Gasteiger partial charge in [0.05, 0.1) is 18.2 Å². The lowest BCUT2D eigenvalue weighted by Gasteiger charge is -2.41. The molecule has 2 aromatic rings. The van der Waals surface area contributed by atoms with Gasteiger partial charge >= 0.3 is 0 Å². The van der Waals surface area contributed by atoms with Gasteiger partial charge in [-0.15, -0.1) is 0 Å². The quantitative estimate of drug-likeness (QED) is 0.264. The van der Waals surface area contributed by atoms with E-state index >= 15 is 0 Å². The third-order valence-corrected chi connectivity index (χ3v) is 7.27. The Morgan fingerprint density at radius 2 is 1.42 bits per heavy atom. The van der Waals surface area contributed by atoms with E-state index in [0.29, 0.717) is 23.3 Å². The minimum Gasteiger partial charge on any atom is -0.494 e. The van der Waals surface area contributed by atoms with Crippen LogP contribution in [-0.4, -0.2) is 7.11 Å². The molecule has 2 aromatic carbocycles. The van der Waals surface area contributed by atoms with Crippen molar-refractivity contribution in [2.45, 2.75) is 51.4 Å². The molecule has 0 aliphatic heterocycles. The van der Waals surface area contributed by atoms with Crippen LogP contribution in [0.15, 0.2) is 36.4 Å². The monoisotopic (exact) mass is 456 g/mol. The molecule has 0 heterocycles. The van der Waals surface area contributed by atoms with Gasteiger partial charge in [0.15, 0.2) is 23.2 Å². The van der Waals surface area contributed by atoms with Gasteiger partial charge in [0.25, 0.3) is 0 Å². The summed E-state index contributed by atoms with van der Waals surface area (Å²) < 4.78 is 62.5. The van der Waals surface area contributed by atoms with Crippen molar-refractivity contribution in [2.24, 2.45) is 17.8 Å². The first-order valence-corrected chi connectivity index (χ1v) is 11.6. The maximum absolute atomic E-state index is 15.0. The number of allylic oxidation sites excluding steroid dienone is 2. The molecule has 0 spiro atoms.